The van der Waals surface area contributed by atoms with Gasteiger partial charge in [0.05, 0.1) is 26.4 Å². The summed E-state index contributed by atoms with van der Waals surface area (Å²) in [6.07, 6.45) is 1.58. The van der Waals surface area contributed by atoms with Gasteiger partial charge in [0, 0.05) is 0 Å². The summed E-state index contributed by atoms with van der Waals surface area (Å²) in [5, 5.41) is 0. The highest BCUT2D eigenvalue weighted by Gasteiger charge is 2.00. The van der Waals surface area contributed by atoms with E-state index in [1.165, 1.54) is 11.1 Å². The molecule has 0 aliphatic carbocycles. The highest BCUT2D eigenvalue weighted by atomic mass is 16.5. The number of benzene rings is 1. The summed E-state index contributed by atoms with van der Waals surface area (Å²) >= 11 is 0. The largest absolute Gasteiger partial charge is 0.492 e. The predicted molar refractivity (Wildman–Crippen MR) is 86.3 cm³/mol. The van der Waals surface area contributed by atoms with Gasteiger partial charge in [-0.15, -0.1) is 0 Å². The summed E-state index contributed by atoms with van der Waals surface area (Å²) in [4.78, 5) is 0. The van der Waals surface area contributed by atoms with Crippen LogP contribution < -0.4 is 0 Å². The molecule has 1 aromatic carbocycles. The topological polar surface area (TPSA) is 27.7 Å². The fourth-order valence-electron chi connectivity index (χ4n) is 1.74. The second-order valence-electron chi connectivity index (χ2n) is 5.08. The Hall–Kier alpha value is -1.58. The summed E-state index contributed by atoms with van der Waals surface area (Å²) in [6, 6.07) is 8.50. The zero-order valence-electron chi connectivity index (χ0n) is 13.1. The quantitative estimate of drug-likeness (QED) is 0.349. The smallest absolute Gasteiger partial charge is 0.111 e. The Balaban J connectivity index is 2.08. The molecular formula is C18H26O3. The molecule has 0 fully saturated rings. The molecule has 0 aliphatic rings. The van der Waals surface area contributed by atoms with Crippen molar-refractivity contribution in [3.8, 4) is 0 Å². The second-order valence-corrected chi connectivity index (χ2v) is 5.08. The van der Waals surface area contributed by atoms with Crippen molar-refractivity contribution >= 4 is 0 Å². The van der Waals surface area contributed by atoms with Gasteiger partial charge >= 0.3 is 0 Å². The van der Waals surface area contributed by atoms with E-state index in [-0.39, 0.29) is 0 Å². The maximum atomic E-state index is 5.60. The lowest BCUT2D eigenvalue weighted by molar-refractivity contribution is 0.0232. The fraction of sp³-hybridized carbons (Fsp3) is 0.444. The molecule has 0 N–H and O–H groups in total. The predicted octanol–water partition coefficient (Wildman–Crippen LogP) is 4.06. The van der Waals surface area contributed by atoms with Gasteiger partial charge in [-0.05, 0) is 23.1 Å². The van der Waals surface area contributed by atoms with Crippen LogP contribution in [-0.2, 0) is 20.8 Å². The summed E-state index contributed by atoms with van der Waals surface area (Å²) in [5.74, 6) is 1.11. The van der Waals surface area contributed by atoms with Crippen molar-refractivity contribution in [2.24, 2.45) is 0 Å². The SMILES string of the molecule is C=CC(=C)OCCOCCOCc1cccc(C(C)C)c1. The minimum Gasteiger partial charge on any atom is -0.492 e. The van der Waals surface area contributed by atoms with Crippen molar-refractivity contribution in [1.29, 1.82) is 0 Å². The van der Waals surface area contributed by atoms with E-state index in [2.05, 4.69) is 51.3 Å². The maximum absolute atomic E-state index is 5.60. The Labute approximate surface area is 128 Å². The van der Waals surface area contributed by atoms with Crippen molar-refractivity contribution in [3.05, 3.63) is 60.4 Å². The first-order valence-corrected chi connectivity index (χ1v) is 7.32. The number of allylic oxidation sites excluding steroid dienone is 1. The van der Waals surface area contributed by atoms with Crippen LogP contribution in [0.5, 0.6) is 0 Å². The van der Waals surface area contributed by atoms with Gasteiger partial charge in [-0.25, -0.2) is 0 Å². The van der Waals surface area contributed by atoms with E-state index in [0.717, 1.165) is 0 Å². The van der Waals surface area contributed by atoms with E-state index in [1.807, 2.05) is 0 Å². The van der Waals surface area contributed by atoms with Crippen LogP contribution in [0.3, 0.4) is 0 Å². The van der Waals surface area contributed by atoms with Gasteiger partial charge in [0.15, 0.2) is 0 Å². The van der Waals surface area contributed by atoms with Crippen LogP contribution in [0.4, 0.5) is 0 Å². The molecule has 0 unspecified atom stereocenters. The average molecular weight is 290 g/mol. The zero-order valence-corrected chi connectivity index (χ0v) is 13.1. The third kappa shape index (κ3) is 7.69. The first kappa shape index (κ1) is 17.5. The minimum absolute atomic E-state index is 0.487. The van der Waals surface area contributed by atoms with E-state index in [9.17, 15) is 0 Å². The van der Waals surface area contributed by atoms with E-state index in [1.54, 1.807) is 6.08 Å². The molecule has 0 aromatic heterocycles. The molecule has 21 heavy (non-hydrogen) atoms. The van der Waals surface area contributed by atoms with Gasteiger partial charge in [-0.3, -0.25) is 0 Å². The van der Waals surface area contributed by atoms with Gasteiger partial charge in [0.2, 0.25) is 0 Å². The second kappa shape index (κ2) is 10.2. The van der Waals surface area contributed by atoms with E-state index < -0.39 is 0 Å². The maximum Gasteiger partial charge on any atom is 0.111 e. The van der Waals surface area contributed by atoms with Gasteiger partial charge < -0.3 is 14.2 Å². The molecule has 0 amide bonds. The Morgan fingerprint density at radius 2 is 1.86 bits per heavy atom. The van der Waals surface area contributed by atoms with Crippen LogP contribution in [0.2, 0.25) is 0 Å². The monoisotopic (exact) mass is 290 g/mol. The lowest BCUT2D eigenvalue weighted by Gasteiger charge is -2.09. The summed E-state index contributed by atoms with van der Waals surface area (Å²) in [7, 11) is 0. The molecule has 0 spiro atoms. The first-order chi connectivity index (χ1) is 10.1. The van der Waals surface area contributed by atoms with Crippen molar-refractivity contribution < 1.29 is 14.2 Å². The lowest BCUT2D eigenvalue weighted by atomic mass is 10.0. The van der Waals surface area contributed by atoms with Gasteiger partial charge in [0.25, 0.3) is 0 Å². The molecule has 3 heteroatoms. The Morgan fingerprint density at radius 3 is 2.57 bits per heavy atom. The van der Waals surface area contributed by atoms with Gasteiger partial charge in [-0.2, -0.15) is 0 Å². The Bertz CT molecular complexity index is 438. The normalized spacial score (nSPS) is 10.6. The van der Waals surface area contributed by atoms with Crippen molar-refractivity contribution in [2.75, 3.05) is 26.4 Å². The molecule has 0 saturated carbocycles. The van der Waals surface area contributed by atoms with Crippen LogP contribution in [0.25, 0.3) is 0 Å². The summed E-state index contributed by atoms with van der Waals surface area (Å²) in [6.45, 7) is 14.4. The molecule has 0 heterocycles. The van der Waals surface area contributed by atoms with E-state index in [0.29, 0.717) is 44.7 Å². The first-order valence-electron chi connectivity index (χ1n) is 7.32. The minimum atomic E-state index is 0.487. The summed E-state index contributed by atoms with van der Waals surface area (Å²) in [5.41, 5.74) is 2.54. The molecule has 0 aliphatic heterocycles. The number of ether oxygens (including phenoxy) is 3. The number of hydrogen-bond acceptors (Lipinski definition) is 3. The Kier molecular flexibility index (Phi) is 8.48. The number of rotatable bonds is 11. The van der Waals surface area contributed by atoms with Crippen molar-refractivity contribution in [1.82, 2.24) is 0 Å². The van der Waals surface area contributed by atoms with E-state index in [4.69, 9.17) is 14.2 Å². The fourth-order valence-corrected chi connectivity index (χ4v) is 1.74. The van der Waals surface area contributed by atoms with Crippen LogP contribution in [0.1, 0.15) is 30.9 Å². The number of hydrogen-bond donors (Lipinski definition) is 0. The molecule has 0 bridgehead atoms. The van der Waals surface area contributed by atoms with Crippen LogP contribution in [0, 0.1) is 0 Å². The molecule has 0 radical (unpaired) electrons. The third-order valence-corrected chi connectivity index (χ3v) is 3.00. The standard InChI is InChI=1S/C18H26O3/c1-5-16(4)21-12-11-19-9-10-20-14-17-7-6-8-18(13-17)15(2)3/h5-8,13,15H,1,4,9-12,14H2,2-3H3. The molecule has 116 valence electrons. The third-order valence-electron chi connectivity index (χ3n) is 3.00. The molecule has 0 atom stereocenters. The van der Waals surface area contributed by atoms with Gasteiger partial charge in [0.1, 0.15) is 12.4 Å². The summed E-state index contributed by atoms with van der Waals surface area (Å²) < 4.78 is 16.2. The molecule has 0 saturated heterocycles. The highest BCUT2D eigenvalue weighted by Crippen LogP contribution is 2.15. The van der Waals surface area contributed by atoms with E-state index >= 15 is 0 Å². The zero-order chi connectivity index (χ0) is 15.5. The van der Waals surface area contributed by atoms with Crippen LogP contribution in [-0.4, -0.2) is 26.4 Å². The van der Waals surface area contributed by atoms with Gasteiger partial charge in [-0.1, -0.05) is 51.3 Å². The lowest BCUT2D eigenvalue weighted by Crippen LogP contribution is -2.09. The molecule has 1 rings (SSSR count). The highest BCUT2D eigenvalue weighted by molar-refractivity contribution is 5.25. The van der Waals surface area contributed by atoms with Crippen LogP contribution in [0.15, 0.2) is 49.3 Å². The molecule has 3 nitrogen and oxygen atoms in total. The van der Waals surface area contributed by atoms with Crippen LogP contribution >= 0.6 is 0 Å². The molecule has 1 aromatic rings. The van der Waals surface area contributed by atoms with Crippen molar-refractivity contribution in [2.45, 2.75) is 26.4 Å². The average Bonchev–Trinajstić information content (AvgIpc) is 2.49. The molecular weight excluding hydrogens is 264 g/mol. The van der Waals surface area contributed by atoms with Crippen molar-refractivity contribution in [3.63, 3.8) is 0 Å². The Morgan fingerprint density at radius 1 is 1.14 bits per heavy atom.